The number of aryl methyl sites for hydroxylation is 1. The van der Waals surface area contributed by atoms with Crippen molar-refractivity contribution in [2.45, 2.75) is 31.9 Å². The van der Waals surface area contributed by atoms with Gasteiger partial charge < -0.3 is 15.7 Å². The normalized spacial score (nSPS) is 16.5. The van der Waals surface area contributed by atoms with Crippen molar-refractivity contribution in [3.05, 3.63) is 64.2 Å². The number of carbonyl (C=O) groups is 1. The molecule has 3 rings (SSSR count). The molecule has 1 aliphatic rings. The quantitative estimate of drug-likeness (QED) is 0.806. The second-order valence-corrected chi connectivity index (χ2v) is 6.15. The minimum Gasteiger partial charge on any atom is -0.393 e. The van der Waals surface area contributed by atoms with Gasteiger partial charge in [0.25, 0.3) is 0 Å². The average molecular weight is 331 g/mol. The van der Waals surface area contributed by atoms with Crippen molar-refractivity contribution in [3.63, 3.8) is 0 Å². The maximum Gasteiger partial charge on any atom is 0.319 e. The first kappa shape index (κ1) is 15.8. The second-order valence-electron chi connectivity index (χ2n) is 5.74. The molecule has 0 saturated heterocycles. The third kappa shape index (κ3) is 3.84. The van der Waals surface area contributed by atoms with Crippen LogP contribution in [0.4, 0.5) is 10.5 Å². The lowest BCUT2D eigenvalue weighted by molar-refractivity contribution is 0.159. The lowest BCUT2D eigenvalue weighted by Crippen LogP contribution is -2.29. The molecule has 0 fully saturated rings. The summed E-state index contributed by atoms with van der Waals surface area (Å²) in [6, 6.07) is 13.0. The summed E-state index contributed by atoms with van der Waals surface area (Å²) >= 11 is 6.08. The van der Waals surface area contributed by atoms with Crippen LogP contribution in [0.3, 0.4) is 0 Å². The second kappa shape index (κ2) is 7.02. The highest BCUT2D eigenvalue weighted by atomic mass is 35.5. The summed E-state index contributed by atoms with van der Waals surface area (Å²) in [6.07, 6.45) is 1.86. The summed E-state index contributed by atoms with van der Waals surface area (Å²) in [5, 5.41) is 16.2. The highest BCUT2D eigenvalue weighted by Gasteiger charge is 2.19. The molecule has 5 heteroatoms. The summed E-state index contributed by atoms with van der Waals surface area (Å²) < 4.78 is 0. The van der Waals surface area contributed by atoms with E-state index in [1.807, 2.05) is 36.4 Å². The number of aliphatic hydroxyl groups is 1. The van der Waals surface area contributed by atoms with E-state index in [0.29, 0.717) is 18.0 Å². The van der Waals surface area contributed by atoms with Crippen LogP contribution >= 0.6 is 11.6 Å². The molecule has 0 bridgehead atoms. The third-order valence-electron chi connectivity index (χ3n) is 4.11. The van der Waals surface area contributed by atoms with E-state index in [-0.39, 0.29) is 12.1 Å². The summed E-state index contributed by atoms with van der Waals surface area (Å²) in [5.74, 6) is 0. The summed E-state index contributed by atoms with van der Waals surface area (Å²) in [7, 11) is 0. The molecule has 4 nitrogen and oxygen atoms in total. The molecule has 1 aliphatic carbocycles. The highest BCUT2D eigenvalue weighted by Crippen LogP contribution is 2.28. The molecule has 0 heterocycles. The van der Waals surface area contributed by atoms with Gasteiger partial charge in [0, 0.05) is 23.7 Å². The van der Waals surface area contributed by atoms with Gasteiger partial charge in [0.1, 0.15) is 0 Å². The van der Waals surface area contributed by atoms with Crippen LogP contribution in [0.15, 0.2) is 42.5 Å². The van der Waals surface area contributed by atoms with E-state index in [1.54, 1.807) is 6.07 Å². The third-order valence-corrected chi connectivity index (χ3v) is 4.47. The van der Waals surface area contributed by atoms with Gasteiger partial charge in [0.15, 0.2) is 0 Å². The molecule has 23 heavy (non-hydrogen) atoms. The molecule has 2 aromatic carbocycles. The minimum absolute atomic E-state index is 0.279. The molecule has 0 aliphatic heterocycles. The van der Waals surface area contributed by atoms with Crippen LogP contribution in [-0.2, 0) is 19.4 Å². The molecule has 2 aromatic rings. The predicted octanol–water partition coefficient (Wildman–Crippen LogP) is 3.51. The lowest BCUT2D eigenvalue weighted by Gasteiger charge is -2.23. The van der Waals surface area contributed by atoms with Crippen molar-refractivity contribution in [3.8, 4) is 0 Å². The van der Waals surface area contributed by atoms with Gasteiger partial charge in [0.05, 0.1) is 6.10 Å². The number of urea groups is 1. The number of fused-ring (bicyclic) bond motifs is 1. The van der Waals surface area contributed by atoms with Crippen LogP contribution in [0.5, 0.6) is 0 Å². The van der Waals surface area contributed by atoms with E-state index in [0.717, 1.165) is 29.7 Å². The number of aliphatic hydroxyl groups excluding tert-OH is 1. The number of hydrogen-bond donors (Lipinski definition) is 3. The van der Waals surface area contributed by atoms with Gasteiger partial charge in [-0.25, -0.2) is 4.79 Å². The zero-order valence-corrected chi connectivity index (χ0v) is 13.4. The fourth-order valence-corrected chi connectivity index (χ4v) is 3.07. The molecule has 0 saturated carbocycles. The highest BCUT2D eigenvalue weighted by molar-refractivity contribution is 6.31. The van der Waals surface area contributed by atoms with Gasteiger partial charge in [-0.1, -0.05) is 41.9 Å². The van der Waals surface area contributed by atoms with E-state index >= 15 is 0 Å². The molecule has 2 amide bonds. The van der Waals surface area contributed by atoms with Gasteiger partial charge in [-0.3, -0.25) is 0 Å². The number of carbonyl (C=O) groups excluding carboxylic acids is 1. The number of nitrogens with one attached hydrogen (secondary N) is 2. The number of anilines is 1. The summed E-state index contributed by atoms with van der Waals surface area (Å²) in [6.45, 7) is 0.364. The molecule has 0 unspecified atom stereocenters. The SMILES string of the molecule is O=C(NCc1ccccc1Cl)Nc1cccc2c1C[C@H](O)CC2. The Kier molecular flexibility index (Phi) is 4.84. The Morgan fingerprint density at radius 1 is 1.22 bits per heavy atom. The number of amides is 2. The monoisotopic (exact) mass is 330 g/mol. The zero-order chi connectivity index (χ0) is 16.2. The number of rotatable bonds is 3. The van der Waals surface area contributed by atoms with Crippen molar-refractivity contribution < 1.29 is 9.90 Å². The molecule has 0 aromatic heterocycles. The van der Waals surface area contributed by atoms with Gasteiger partial charge in [-0.15, -0.1) is 0 Å². The van der Waals surface area contributed by atoms with Crippen molar-refractivity contribution in [2.75, 3.05) is 5.32 Å². The van der Waals surface area contributed by atoms with E-state index in [9.17, 15) is 9.90 Å². The first-order valence-corrected chi connectivity index (χ1v) is 8.08. The molecule has 1 atom stereocenters. The Morgan fingerprint density at radius 3 is 2.87 bits per heavy atom. The van der Waals surface area contributed by atoms with Crippen LogP contribution in [0, 0.1) is 0 Å². The molecule has 120 valence electrons. The molecule has 3 N–H and O–H groups in total. The van der Waals surface area contributed by atoms with Crippen LogP contribution in [-0.4, -0.2) is 17.2 Å². The Labute approximate surface area is 140 Å². The van der Waals surface area contributed by atoms with Crippen LogP contribution in [0.25, 0.3) is 0 Å². The Hall–Kier alpha value is -2.04. The Morgan fingerprint density at radius 2 is 2.04 bits per heavy atom. The van der Waals surface area contributed by atoms with Crippen LogP contribution < -0.4 is 10.6 Å². The van der Waals surface area contributed by atoms with E-state index in [1.165, 1.54) is 5.56 Å². The van der Waals surface area contributed by atoms with Crippen LogP contribution in [0.1, 0.15) is 23.1 Å². The fraction of sp³-hybridized carbons (Fsp3) is 0.278. The van der Waals surface area contributed by atoms with Gasteiger partial charge >= 0.3 is 6.03 Å². The zero-order valence-electron chi connectivity index (χ0n) is 12.7. The van der Waals surface area contributed by atoms with Crippen molar-refractivity contribution in [1.82, 2.24) is 5.32 Å². The van der Waals surface area contributed by atoms with E-state index in [2.05, 4.69) is 10.6 Å². The maximum atomic E-state index is 12.1. The standard InChI is InChI=1S/C18H19ClN2O2/c19-16-6-2-1-4-13(16)11-20-18(23)21-17-7-3-5-12-8-9-14(22)10-15(12)17/h1-7,14,22H,8-11H2,(H2,20,21,23)/t14-/m1/s1. The molecular formula is C18H19ClN2O2. The van der Waals surface area contributed by atoms with Crippen molar-refractivity contribution in [1.29, 1.82) is 0 Å². The van der Waals surface area contributed by atoms with Crippen molar-refractivity contribution in [2.24, 2.45) is 0 Å². The topological polar surface area (TPSA) is 61.4 Å². The number of hydrogen-bond acceptors (Lipinski definition) is 2. The number of halogens is 1. The van der Waals surface area contributed by atoms with E-state index in [4.69, 9.17) is 11.6 Å². The molecule has 0 radical (unpaired) electrons. The fourth-order valence-electron chi connectivity index (χ4n) is 2.87. The Bertz CT molecular complexity index is 718. The van der Waals surface area contributed by atoms with Gasteiger partial charge in [-0.05, 0) is 41.7 Å². The van der Waals surface area contributed by atoms with Crippen LogP contribution in [0.2, 0.25) is 5.02 Å². The largest absolute Gasteiger partial charge is 0.393 e. The maximum absolute atomic E-state index is 12.1. The first-order chi connectivity index (χ1) is 11.1. The first-order valence-electron chi connectivity index (χ1n) is 7.70. The van der Waals surface area contributed by atoms with Gasteiger partial charge in [-0.2, -0.15) is 0 Å². The molecular weight excluding hydrogens is 312 g/mol. The summed E-state index contributed by atoms with van der Waals surface area (Å²) in [5.41, 5.74) is 3.85. The van der Waals surface area contributed by atoms with E-state index < -0.39 is 0 Å². The smallest absolute Gasteiger partial charge is 0.319 e. The van der Waals surface area contributed by atoms with Gasteiger partial charge in [0.2, 0.25) is 0 Å². The molecule has 0 spiro atoms. The lowest BCUT2D eigenvalue weighted by atomic mass is 9.88. The average Bonchev–Trinajstić information content (AvgIpc) is 2.55. The predicted molar refractivity (Wildman–Crippen MR) is 91.8 cm³/mol. The summed E-state index contributed by atoms with van der Waals surface area (Å²) in [4.78, 5) is 12.1. The van der Waals surface area contributed by atoms with Crippen molar-refractivity contribution >= 4 is 23.3 Å². The minimum atomic E-state index is -0.336. The number of benzene rings is 2. The Balaban J connectivity index is 1.66.